The Hall–Kier alpha value is -2.17. The van der Waals surface area contributed by atoms with Gasteiger partial charge in [-0.1, -0.05) is 24.3 Å². The van der Waals surface area contributed by atoms with Crippen LogP contribution in [0.5, 0.6) is 0 Å². The van der Waals surface area contributed by atoms with Crippen LogP contribution in [0.4, 0.5) is 20.4 Å². The van der Waals surface area contributed by atoms with Gasteiger partial charge in [-0.2, -0.15) is 0 Å². The number of fused-ring (bicyclic) bond motifs is 1. The molecular weight excluding hydrogens is 272 g/mol. The van der Waals surface area contributed by atoms with Gasteiger partial charge >= 0.3 is 0 Å². The standard InChI is InChI=1S/C16H17F2N3/c1-2-19-15-13(17)9-14(18)16(21-15)20-12-7-10-5-3-4-6-11(10)8-12/h3-6,9,12H,2,7-8H2,1H3,(H2,19,20,21). The van der Waals surface area contributed by atoms with Crippen LogP contribution in [-0.4, -0.2) is 17.6 Å². The Labute approximate surface area is 122 Å². The molecule has 0 unspecified atom stereocenters. The first-order valence-electron chi connectivity index (χ1n) is 7.10. The lowest BCUT2D eigenvalue weighted by molar-refractivity contribution is 0.575. The van der Waals surface area contributed by atoms with Crippen LogP contribution in [0.25, 0.3) is 0 Å². The maximum atomic E-state index is 13.9. The molecule has 110 valence electrons. The molecule has 0 atom stereocenters. The molecule has 0 spiro atoms. The van der Waals surface area contributed by atoms with Crippen molar-refractivity contribution in [3.05, 3.63) is 53.1 Å². The van der Waals surface area contributed by atoms with Crippen LogP contribution in [0.2, 0.25) is 0 Å². The fourth-order valence-electron chi connectivity index (χ4n) is 2.71. The van der Waals surface area contributed by atoms with E-state index in [2.05, 4.69) is 27.8 Å². The van der Waals surface area contributed by atoms with Crippen molar-refractivity contribution in [3.8, 4) is 0 Å². The molecule has 0 saturated carbocycles. The van der Waals surface area contributed by atoms with E-state index < -0.39 is 11.6 Å². The van der Waals surface area contributed by atoms with Crippen molar-refractivity contribution in [1.82, 2.24) is 4.98 Å². The van der Waals surface area contributed by atoms with Crippen LogP contribution in [0.1, 0.15) is 18.1 Å². The molecule has 21 heavy (non-hydrogen) atoms. The van der Waals surface area contributed by atoms with Crippen molar-refractivity contribution in [3.63, 3.8) is 0 Å². The molecule has 1 aliphatic rings. The second kappa shape index (κ2) is 5.68. The van der Waals surface area contributed by atoms with Gasteiger partial charge in [0.05, 0.1) is 0 Å². The molecule has 0 radical (unpaired) electrons. The number of aromatic nitrogens is 1. The number of halogens is 2. The first-order chi connectivity index (χ1) is 10.2. The van der Waals surface area contributed by atoms with E-state index in [4.69, 9.17) is 0 Å². The van der Waals surface area contributed by atoms with Gasteiger partial charge in [0.2, 0.25) is 0 Å². The van der Waals surface area contributed by atoms with Crippen molar-refractivity contribution in [1.29, 1.82) is 0 Å². The largest absolute Gasteiger partial charge is 0.368 e. The average molecular weight is 289 g/mol. The zero-order valence-electron chi connectivity index (χ0n) is 11.8. The molecular formula is C16H17F2N3. The van der Waals surface area contributed by atoms with E-state index in [1.165, 1.54) is 11.1 Å². The van der Waals surface area contributed by atoms with Gasteiger partial charge in [0.1, 0.15) is 0 Å². The zero-order chi connectivity index (χ0) is 14.8. The summed E-state index contributed by atoms with van der Waals surface area (Å²) in [5.74, 6) is -1.15. The van der Waals surface area contributed by atoms with Crippen molar-refractivity contribution in [2.75, 3.05) is 17.2 Å². The molecule has 1 aliphatic carbocycles. The van der Waals surface area contributed by atoms with Gasteiger partial charge in [-0.3, -0.25) is 0 Å². The molecule has 3 nitrogen and oxygen atoms in total. The quantitative estimate of drug-likeness (QED) is 0.906. The van der Waals surface area contributed by atoms with Gasteiger partial charge < -0.3 is 10.6 Å². The summed E-state index contributed by atoms with van der Waals surface area (Å²) >= 11 is 0. The summed E-state index contributed by atoms with van der Waals surface area (Å²) in [5.41, 5.74) is 2.54. The van der Waals surface area contributed by atoms with Gasteiger partial charge in [0, 0.05) is 18.7 Å². The summed E-state index contributed by atoms with van der Waals surface area (Å²) in [4.78, 5) is 4.02. The molecule has 1 aromatic heterocycles. The zero-order valence-corrected chi connectivity index (χ0v) is 11.8. The fourth-order valence-corrected chi connectivity index (χ4v) is 2.71. The second-order valence-corrected chi connectivity index (χ2v) is 5.20. The molecule has 0 saturated heterocycles. The van der Waals surface area contributed by atoms with E-state index in [0.29, 0.717) is 6.54 Å². The summed E-state index contributed by atoms with van der Waals surface area (Å²) in [7, 11) is 0. The van der Waals surface area contributed by atoms with Crippen LogP contribution in [0, 0.1) is 11.6 Å². The van der Waals surface area contributed by atoms with Gasteiger partial charge in [-0.25, -0.2) is 13.8 Å². The molecule has 0 amide bonds. The summed E-state index contributed by atoms with van der Waals surface area (Å²) in [6.07, 6.45) is 1.65. The number of pyridine rings is 1. The first kappa shape index (κ1) is 13.8. The van der Waals surface area contributed by atoms with E-state index >= 15 is 0 Å². The predicted molar refractivity (Wildman–Crippen MR) is 79.6 cm³/mol. The monoisotopic (exact) mass is 289 g/mol. The number of hydrogen-bond donors (Lipinski definition) is 2. The Morgan fingerprint density at radius 3 is 2.33 bits per heavy atom. The van der Waals surface area contributed by atoms with Crippen molar-refractivity contribution in [2.45, 2.75) is 25.8 Å². The number of nitrogens with one attached hydrogen (secondary N) is 2. The van der Waals surface area contributed by atoms with Crippen LogP contribution < -0.4 is 10.6 Å². The van der Waals surface area contributed by atoms with E-state index in [-0.39, 0.29) is 17.7 Å². The normalized spacial score (nSPS) is 14.0. The van der Waals surface area contributed by atoms with Gasteiger partial charge in [0.25, 0.3) is 0 Å². The molecule has 0 aliphatic heterocycles. The average Bonchev–Trinajstić information content (AvgIpc) is 2.86. The minimum Gasteiger partial charge on any atom is -0.368 e. The Bertz CT molecular complexity index is 633. The predicted octanol–water partition coefficient (Wildman–Crippen LogP) is 3.37. The van der Waals surface area contributed by atoms with Crippen LogP contribution in [-0.2, 0) is 12.8 Å². The van der Waals surface area contributed by atoms with Crippen molar-refractivity contribution >= 4 is 11.6 Å². The van der Waals surface area contributed by atoms with Crippen molar-refractivity contribution < 1.29 is 8.78 Å². The number of anilines is 2. The highest BCUT2D eigenvalue weighted by Crippen LogP contribution is 2.26. The lowest BCUT2D eigenvalue weighted by atomic mass is 10.1. The first-order valence-corrected chi connectivity index (χ1v) is 7.10. The van der Waals surface area contributed by atoms with E-state index in [1.807, 2.05) is 19.1 Å². The summed E-state index contributed by atoms with van der Waals surface area (Å²) in [6.45, 7) is 2.37. The molecule has 5 heteroatoms. The highest BCUT2D eigenvalue weighted by Gasteiger charge is 2.22. The molecule has 1 heterocycles. The molecule has 0 fully saturated rings. The minimum absolute atomic E-state index is 0.0805. The molecule has 1 aromatic carbocycles. The fraction of sp³-hybridized carbons (Fsp3) is 0.312. The summed E-state index contributed by atoms with van der Waals surface area (Å²) < 4.78 is 27.4. The summed E-state index contributed by atoms with van der Waals surface area (Å²) in [5, 5.41) is 5.88. The highest BCUT2D eigenvalue weighted by molar-refractivity contribution is 5.49. The van der Waals surface area contributed by atoms with Gasteiger partial charge in [-0.05, 0) is 30.9 Å². The van der Waals surface area contributed by atoms with Gasteiger partial charge in [0.15, 0.2) is 23.3 Å². The lowest BCUT2D eigenvalue weighted by Gasteiger charge is -2.15. The molecule has 2 N–H and O–H groups in total. The second-order valence-electron chi connectivity index (χ2n) is 5.20. The number of nitrogens with zero attached hydrogens (tertiary/aromatic N) is 1. The minimum atomic E-state index is -0.672. The Balaban J connectivity index is 1.78. The van der Waals surface area contributed by atoms with Gasteiger partial charge in [-0.15, -0.1) is 0 Å². The lowest BCUT2D eigenvalue weighted by Crippen LogP contribution is -2.21. The Morgan fingerprint density at radius 1 is 1.10 bits per heavy atom. The number of rotatable bonds is 4. The number of benzene rings is 1. The maximum Gasteiger partial charge on any atom is 0.168 e. The molecule has 2 aromatic rings. The Kier molecular flexibility index (Phi) is 3.73. The smallest absolute Gasteiger partial charge is 0.168 e. The molecule has 0 bridgehead atoms. The molecule has 3 rings (SSSR count). The third-order valence-electron chi connectivity index (χ3n) is 3.67. The van der Waals surface area contributed by atoms with Crippen LogP contribution in [0.15, 0.2) is 30.3 Å². The Morgan fingerprint density at radius 2 is 1.71 bits per heavy atom. The number of hydrogen-bond acceptors (Lipinski definition) is 3. The third kappa shape index (κ3) is 2.82. The van der Waals surface area contributed by atoms with E-state index in [9.17, 15) is 8.78 Å². The van der Waals surface area contributed by atoms with Crippen LogP contribution >= 0.6 is 0 Å². The maximum absolute atomic E-state index is 13.9. The SMILES string of the molecule is CCNc1nc(NC2Cc3ccccc3C2)c(F)cc1F. The van der Waals surface area contributed by atoms with E-state index in [1.54, 1.807) is 0 Å². The topological polar surface area (TPSA) is 37.0 Å². The summed E-state index contributed by atoms with van der Waals surface area (Å²) in [6, 6.07) is 9.12. The third-order valence-corrected chi connectivity index (χ3v) is 3.67. The van der Waals surface area contributed by atoms with Crippen molar-refractivity contribution in [2.24, 2.45) is 0 Å². The van der Waals surface area contributed by atoms with E-state index in [0.717, 1.165) is 18.9 Å². The highest BCUT2D eigenvalue weighted by atomic mass is 19.1. The van der Waals surface area contributed by atoms with Crippen LogP contribution in [0.3, 0.4) is 0 Å².